The van der Waals surface area contributed by atoms with Crippen LogP contribution in [-0.4, -0.2) is 16.4 Å². The van der Waals surface area contributed by atoms with E-state index in [1.165, 1.54) is 16.7 Å². The second kappa shape index (κ2) is 4.34. The molecular formula is C14H19I2N. The highest BCUT2D eigenvalue weighted by molar-refractivity contribution is 14.1. The highest BCUT2D eigenvalue weighted by atomic mass is 127. The van der Waals surface area contributed by atoms with Crippen molar-refractivity contribution in [2.45, 2.75) is 36.8 Å². The molecule has 3 heteroatoms. The molecule has 1 unspecified atom stereocenters. The summed E-state index contributed by atoms with van der Waals surface area (Å²) < 4.78 is 1.25. The van der Waals surface area contributed by atoms with Gasteiger partial charge in [-0.3, -0.25) is 4.90 Å². The van der Waals surface area contributed by atoms with E-state index in [4.69, 9.17) is 0 Å². The Balaban J connectivity index is 2.84. The zero-order valence-corrected chi connectivity index (χ0v) is 15.4. The first-order valence-corrected chi connectivity index (χ1v) is 8.47. The molecular weight excluding hydrogens is 436 g/mol. The van der Waals surface area contributed by atoms with Crippen molar-refractivity contribution in [3.63, 3.8) is 0 Å². The van der Waals surface area contributed by atoms with Gasteiger partial charge in [0.05, 0.1) is 0 Å². The molecule has 0 fully saturated rings. The lowest BCUT2D eigenvalue weighted by atomic mass is 9.87. The van der Waals surface area contributed by atoms with E-state index in [9.17, 15) is 0 Å². The zero-order chi connectivity index (χ0) is 13.0. The minimum atomic E-state index is 0.123. The molecule has 1 aliphatic heterocycles. The average molecular weight is 455 g/mol. The number of benzene rings is 1. The summed E-state index contributed by atoms with van der Waals surface area (Å²) in [4.78, 5) is 2.53. The molecule has 17 heavy (non-hydrogen) atoms. The molecule has 1 heterocycles. The molecule has 1 aromatic carbocycles. The third-order valence-electron chi connectivity index (χ3n) is 4.16. The molecule has 1 aliphatic rings. The predicted octanol–water partition coefficient (Wildman–Crippen LogP) is 4.51. The number of rotatable bonds is 1. The van der Waals surface area contributed by atoms with Crippen LogP contribution < -0.4 is 0 Å². The monoisotopic (exact) mass is 455 g/mol. The van der Waals surface area contributed by atoms with Crippen LogP contribution in [-0.2, 0) is 9.08 Å². The van der Waals surface area contributed by atoms with E-state index in [0.29, 0.717) is 0 Å². The average Bonchev–Trinajstić information content (AvgIpc) is 2.44. The fourth-order valence-corrected chi connectivity index (χ4v) is 5.22. The van der Waals surface area contributed by atoms with Gasteiger partial charge in [-0.15, -0.1) is 0 Å². The first-order valence-electron chi connectivity index (χ1n) is 5.86. The van der Waals surface area contributed by atoms with Gasteiger partial charge in [-0.05, 0) is 57.0 Å². The molecule has 1 nitrogen and oxygen atoms in total. The van der Waals surface area contributed by atoms with Gasteiger partial charge in [0.2, 0.25) is 0 Å². The molecule has 1 aromatic rings. The fourth-order valence-electron chi connectivity index (χ4n) is 3.03. The van der Waals surface area contributed by atoms with Crippen LogP contribution in [0.5, 0.6) is 0 Å². The van der Waals surface area contributed by atoms with E-state index in [-0.39, 0.29) is 9.08 Å². The van der Waals surface area contributed by atoms with Crippen molar-refractivity contribution in [3.05, 3.63) is 34.4 Å². The van der Waals surface area contributed by atoms with Crippen LogP contribution in [0.3, 0.4) is 0 Å². The van der Waals surface area contributed by atoms with Crippen LogP contribution in [0.2, 0.25) is 0 Å². The number of hydrogen-bond donors (Lipinski definition) is 0. The van der Waals surface area contributed by atoms with Gasteiger partial charge in [0, 0.05) is 9.97 Å². The lowest BCUT2D eigenvalue weighted by molar-refractivity contribution is 0.134. The molecule has 1 atom stereocenters. The van der Waals surface area contributed by atoms with Crippen molar-refractivity contribution < 1.29 is 0 Å². The Morgan fingerprint density at radius 1 is 1.12 bits per heavy atom. The summed E-state index contributed by atoms with van der Waals surface area (Å²) in [7, 11) is 2.25. The van der Waals surface area contributed by atoms with Gasteiger partial charge < -0.3 is 0 Å². The van der Waals surface area contributed by atoms with Crippen molar-refractivity contribution in [2.24, 2.45) is 0 Å². The first-order chi connectivity index (χ1) is 7.76. The number of halogens is 2. The van der Waals surface area contributed by atoms with Crippen molar-refractivity contribution >= 4 is 45.2 Å². The van der Waals surface area contributed by atoms with Crippen LogP contribution in [0.4, 0.5) is 0 Å². The molecule has 0 amide bonds. The lowest BCUT2D eigenvalue weighted by Gasteiger charge is -2.37. The summed E-state index contributed by atoms with van der Waals surface area (Å²) in [5, 5.41) is 0. The third-order valence-corrected chi connectivity index (χ3v) is 8.37. The van der Waals surface area contributed by atoms with Gasteiger partial charge >= 0.3 is 0 Å². The summed E-state index contributed by atoms with van der Waals surface area (Å²) in [6, 6.07) is 4.53. The first kappa shape index (κ1) is 14.1. The Labute approximate surface area is 132 Å². The molecule has 94 valence electrons. The summed E-state index contributed by atoms with van der Waals surface area (Å²) in [6.07, 6.45) is 0. The van der Waals surface area contributed by atoms with E-state index in [0.717, 1.165) is 4.43 Å². The van der Waals surface area contributed by atoms with Gasteiger partial charge in [0.15, 0.2) is 0 Å². The maximum absolute atomic E-state index is 2.63. The van der Waals surface area contributed by atoms with E-state index in [1.54, 1.807) is 5.56 Å². The van der Waals surface area contributed by atoms with Crippen LogP contribution in [0.15, 0.2) is 12.1 Å². The van der Waals surface area contributed by atoms with Crippen LogP contribution in [0, 0.1) is 13.8 Å². The van der Waals surface area contributed by atoms with Crippen molar-refractivity contribution in [1.29, 1.82) is 0 Å². The second-order valence-electron chi connectivity index (χ2n) is 5.46. The van der Waals surface area contributed by atoms with Gasteiger partial charge in [0.1, 0.15) is 3.55 Å². The van der Waals surface area contributed by atoms with Gasteiger partial charge in [-0.2, -0.15) is 0 Å². The molecule has 0 spiro atoms. The summed E-state index contributed by atoms with van der Waals surface area (Å²) in [6.45, 7) is 9.16. The molecule has 2 rings (SSSR count). The van der Waals surface area contributed by atoms with Crippen molar-refractivity contribution in [1.82, 2.24) is 4.90 Å². The van der Waals surface area contributed by atoms with Crippen LogP contribution >= 0.6 is 45.2 Å². The fraction of sp³-hybridized carbons (Fsp3) is 0.571. The largest absolute Gasteiger partial charge is 0.278 e. The van der Waals surface area contributed by atoms with Gasteiger partial charge in [-0.1, -0.05) is 57.3 Å². The number of hydrogen-bond acceptors (Lipinski definition) is 1. The van der Waals surface area contributed by atoms with Crippen LogP contribution in [0.1, 0.15) is 36.1 Å². The zero-order valence-electron chi connectivity index (χ0n) is 11.1. The number of nitrogens with zero attached hydrogens (tertiary/aromatic N) is 1. The molecule has 0 saturated heterocycles. The highest BCUT2D eigenvalue weighted by Crippen LogP contribution is 2.55. The van der Waals surface area contributed by atoms with Gasteiger partial charge in [-0.25, -0.2) is 0 Å². The Bertz CT molecular complexity index is 468. The van der Waals surface area contributed by atoms with Crippen LogP contribution in [0.25, 0.3) is 0 Å². The van der Waals surface area contributed by atoms with E-state index >= 15 is 0 Å². The number of alkyl halides is 2. The number of fused-ring (bicyclic) bond motifs is 1. The normalized spacial score (nSPS) is 27.2. The Hall–Kier alpha value is 0.640. The van der Waals surface area contributed by atoms with E-state index < -0.39 is 0 Å². The maximum atomic E-state index is 2.63. The smallest absolute Gasteiger partial charge is 0.109 e. The Kier molecular flexibility index (Phi) is 3.59. The van der Waals surface area contributed by atoms with E-state index in [2.05, 4.69) is 97.0 Å². The quantitative estimate of drug-likeness (QED) is 0.343. The standard InChI is InChI=1S/C14H19I2N/c1-9-6-7-10(2)12-11(9)13(3,4)17(5)14(12,16)8-15/h6-7H,8H2,1-5H3. The maximum Gasteiger partial charge on any atom is 0.109 e. The summed E-state index contributed by atoms with van der Waals surface area (Å²) >= 11 is 5.15. The lowest BCUT2D eigenvalue weighted by Crippen LogP contribution is -2.43. The minimum absolute atomic E-state index is 0.123. The molecule has 0 aromatic heterocycles. The second-order valence-corrected chi connectivity index (χ2v) is 8.01. The molecule has 0 bridgehead atoms. The Morgan fingerprint density at radius 3 is 2.06 bits per heavy atom. The molecule has 0 aliphatic carbocycles. The number of aryl methyl sites for hydroxylation is 2. The van der Waals surface area contributed by atoms with E-state index in [1.807, 2.05) is 0 Å². The third kappa shape index (κ3) is 1.79. The molecule has 0 N–H and O–H groups in total. The summed E-state index contributed by atoms with van der Waals surface area (Å²) in [5.74, 6) is 0. The Morgan fingerprint density at radius 2 is 1.59 bits per heavy atom. The molecule has 0 radical (unpaired) electrons. The summed E-state index contributed by atoms with van der Waals surface area (Å²) in [5.41, 5.74) is 6.05. The highest BCUT2D eigenvalue weighted by Gasteiger charge is 2.51. The minimum Gasteiger partial charge on any atom is -0.278 e. The van der Waals surface area contributed by atoms with Gasteiger partial charge in [0.25, 0.3) is 0 Å². The predicted molar refractivity (Wildman–Crippen MR) is 91.3 cm³/mol. The topological polar surface area (TPSA) is 3.24 Å². The van der Waals surface area contributed by atoms with Crippen molar-refractivity contribution in [3.8, 4) is 0 Å². The molecule has 0 saturated carbocycles. The SMILES string of the molecule is Cc1ccc(C)c2c1C(C)(C)N(C)C2(I)CI. The van der Waals surface area contributed by atoms with Crippen molar-refractivity contribution in [2.75, 3.05) is 11.5 Å².